The highest BCUT2D eigenvalue weighted by atomic mass is 35.5. The van der Waals surface area contributed by atoms with Gasteiger partial charge in [-0.1, -0.05) is 43.1 Å². The molecule has 1 aromatic carbocycles. The molecule has 0 aliphatic heterocycles. The predicted octanol–water partition coefficient (Wildman–Crippen LogP) is 3.91. The van der Waals surface area contributed by atoms with Crippen LogP contribution >= 0.6 is 11.6 Å². The molecule has 0 amide bonds. The van der Waals surface area contributed by atoms with Crippen LogP contribution in [0, 0.1) is 0 Å². The number of nitrogens with one attached hydrogen (secondary N) is 2. The van der Waals surface area contributed by atoms with Crippen LogP contribution in [0.15, 0.2) is 29.3 Å². The van der Waals surface area contributed by atoms with Crippen molar-refractivity contribution < 1.29 is 4.21 Å². The Kier molecular flexibility index (Phi) is 9.48. The van der Waals surface area contributed by atoms with Gasteiger partial charge in [0.05, 0.1) is 0 Å². The molecule has 1 aromatic rings. The van der Waals surface area contributed by atoms with Crippen molar-refractivity contribution in [3.63, 3.8) is 0 Å². The number of guanidine groups is 1. The molecule has 3 atom stereocenters. The monoisotopic (exact) mass is 397 g/mol. The fourth-order valence-electron chi connectivity index (χ4n) is 3.43. The molecular weight excluding hydrogens is 366 g/mol. The minimum Gasteiger partial charge on any atom is -0.357 e. The standard InChI is InChI=1S/C20H32ClN3OS/c1-3-22-20(23-14-8-10-16-9-5-6-13-19(16)21)24-17-11-7-12-18(15-17)26(25)4-2/h5-6,9,13,17-18H,3-4,7-8,10-12,14-15H2,1-2H3,(H2,22,23,24). The molecule has 0 spiro atoms. The molecule has 4 nitrogen and oxygen atoms in total. The molecule has 26 heavy (non-hydrogen) atoms. The largest absolute Gasteiger partial charge is 0.357 e. The average molecular weight is 398 g/mol. The van der Waals surface area contributed by atoms with Gasteiger partial charge in [-0.3, -0.25) is 9.20 Å². The maximum atomic E-state index is 12.1. The summed E-state index contributed by atoms with van der Waals surface area (Å²) in [7, 11) is -0.696. The van der Waals surface area contributed by atoms with Crippen LogP contribution in [0.25, 0.3) is 0 Å². The fraction of sp³-hybridized carbons (Fsp3) is 0.650. The Morgan fingerprint density at radius 2 is 2.12 bits per heavy atom. The summed E-state index contributed by atoms with van der Waals surface area (Å²) in [5.74, 6) is 1.63. The molecule has 0 heterocycles. The Bertz CT molecular complexity index is 608. The average Bonchev–Trinajstić information content (AvgIpc) is 2.66. The van der Waals surface area contributed by atoms with Gasteiger partial charge in [-0.2, -0.15) is 0 Å². The minimum atomic E-state index is -0.696. The van der Waals surface area contributed by atoms with Crippen molar-refractivity contribution in [3.05, 3.63) is 34.9 Å². The zero-order valence-electron chi connectivity index (χ0n) is 16.0. The minimum absolute atomic E-state index is 0.328. The van der Waals surface area contributed by atoms with Crippen LogP contribution in [0.5, 0.6) is 0 Å². The summed E-state index contributed by atoms with van der Waals surface area (Å²) < 4.78 is 12.1. The van der Waals surface area contributed by atoms with Gasteiger partial charge in [-0.25, -0.2) is 0 Å². The summed E-state index contributed by atoms with van der Waals surface area (Å²) in [4.78, 5) is 4.72. The van der Waals surface area contributed by atoms with Gasteiger partial charge in [0.15, 0.2) is 5.96 Å². The van der Waals surface area contributed by atoms with Crippen molar-refractivity contribution in [2.24, 2.45) is 4.99 Å². The molecule has 0 aromatic heterocycles. The highest BCUT2D eigenvalue weighted by molar-refractivity contribution is 7.85. The topological polar surface area (TPSA) is 53.5 Å². The number of aliphatic imine (C=N–C) groups is 1. The van der Waals surface area contributed by atoms with Gasteiger partial charge in [0.1, 0.15) is 0 Å². The van der Waals surface area contributed by atoms with Crippen molar-refractivity contribution in [3.8, 4) is 0 Å². The van der Waals surface area contributed by atoms with Gasteiger partial charge in [-0.15, -0.1) is 0 Å². The van der Waals surface area contributed by atoms with Gasteiger partial charge in [-0.05, 0) is 50.7 Å². The van der Waals surface area contributed by atoms with Crippen LogP contribution in [0.3, 0.4) is 0 Å². The van der Waals surface area contributed by atoms with Gasteiger partial charge in [0.2, 0.25) is 0 Å². The van der Waals surface area contributed by atoms with E-state index in [1.807, 2.05) is 25.1 Å². The van der Waals surface area contributed by atoms with Gasteiger partial charge in [0, 0.05) is 46.0 Å². The maximum absolute atomic E-state index is 12.1. The van der Waals surface area contributed by atoms with Crippen LogP contribution in [0.4, 0.5) is 0 Å². The number of rotatable bonds is 8. The lowest BCUT2D eigenvalue weighted by atomic mass is 9.95. The summed E-state index contributed by atoms with van der Waals surface area (Å²) in [5.41, 5.74) is 1.18. The molecule has 0 bridgehead atoms. The van der Waals surface area contributed by atoms with Crippen molar-refractivity contribution in [2.45, 2.75) is 63.7 Å². The summed E-state index contributed by atoms with van der Waals surface area (Å²) in [6.07, 6.45) is 6.23. The highest BCUT2D eigenvalue weighted by Gasteiger charge is 2.25. The van der Waals surface area contributed by atoms with E-state index in [2.05, 4.69) is 23.6 Å². The first-order valence-corrected chi connectivity index (χ1v) is 11.6. The Morgan fingerprint density at radius 1 is 1.31 bits per heavy atom. The molecule has 2 rings (SSSR count). The Balaban J connectivity index is 1.84. The van der Waals surface area contributed by atoms with E-state index in [1.165, 1.54) is 5.56 Å². The van der Waals surface area contributed by atoms with E-state index >= 15 is 0 Å². The third-order valence-corrected chi connectivity index (χ3v) is 6.91. The molecule has 6 heteroatoms. The third kappa shape index (κ3) is 6.92. The van der Waals surface area contributed by atoms with Crippen LogP contribution in [0.1, 0.15) is 51.5 Å². The second kappa shape index (κ2) is 11.6. The van der Waals surface area contributed by atoms with E-state index in [0.717, 1.165) is 68.3 Å². The number of benzene rings is 1. The zero-order chi connectivity index (χ0) is 18.8. The van der Waals surface area contributed by atoms with E-state index in [1.54, 1.807) is 0 Å². The van der Waals surface area contributed by atoms with Crippen molar-refractivity contribution in [1.82, 2.24) is 10.6 Å². The van der Waals surface area contributed by atoms with E-state index in [-0.39, 0.29) is 0 Å². The smallest absolute Gasteiger partial charge is 0.191 e. The molecule has 1 fully saturated rings. The molecule has 2 N–H and O–H groups in total. The summed E-state index contributed by atoms with van der Waals surface area (Å²) in [6, 6.07) is 8.36. The maximum Gasteiger partial charge on any atom is 0.191 e. The van der Waals surface area contributed by atoms with Crippen LogP contribution < -0.4 is 10.6 Å². The number of nitrogens with zero attached hydrogens (tertiary/aromatic N) is 1. The van der Waals surface area contributed by atoms with E-state index < -0.39 is 10.8 Å². The normalized spacial score (nSPS) is 22.0. The molecule has 1 aliphatic carbocycles. The fourth-order valence-corrected chi connectivity index (χ4v) is 5.00. The van der Waals surface area contributed by atoms with Crippen molar-refractivity contribution in [2.75, 3.05) is 18.8 Å². The Hall–Kier alpha value is -1.07. The highest BCUT2D eigenvalue weighted by Crippen LogP contribution is 2.23. The first kappa shape index (κ1) is 21.2. The first-order chi connectivity index (χ1) is 12.6. The van der Waals surface area contributed by atoms with Crippen molar-refractivity contribution in [1.29, 1.82) is 0 Å². The van der Waals surface area contributed by atoms with E-state index in [4.69, 9.17) is 16.6 Å². The third-order valence-electron chi connectivity index (χ3n) is 4.80. The van der Waals surface area contributed by atoms with E-state index in [9.17, 15) is 4.21 Å². The lowest BCUT2D eigenvalue weighted by Gasteiger charge is -2.30. The lowest BCUT2D eigenvalue weighted by Crippen LogP contribution is -2.46. The molecule has 1 aliphatic rings. The number of halogens is 1. The second-order valence-corrected chi connectivity index (χ2v) is 9.17. The summed E-state index contributed by atoms with van der Waals surface area (Å²) >= 11 is 6.21. The molecular formula is C20H32ClN3OS. The second-order valence-electron chi connectivity index (χ2n) is 6.75. The summed E-state index contributed by atoms with van der Waals surface area (Å²) in [5, 5.41) is 8.05. The van der Waals surface area contributed by atoms with Gasteiger partial charge in [0.25, 0.3) is 0 Å². The van der Waals surface area contributed by atoms with Crippen LogP contribution in [-0.2, 0) is 17.2 Å². The number of aryl methyl sites for hydroxylation is 1. The van der Waals surface area contributed by atoms with Crippen LogP contribution in [-0.4, -0.2) is 40.3 Å². The van der Waals surface area contributed by atoms with E-state index in [0.29, 0.717) is 11.3 Å². The Labute approximate surface area is 165 Å². The van der Waals surface area contributed by atoms with Crippen LogP contribution in [0.2, 0.25) is 5.02 Å². The quantitative estimate of drug-likeness (QED) is 0.397. The number of hydrogen-bond donors (Lipinski definition) is 2. The van der Waals surface area contributed by atoms with Crippen molar-refractivity contribution >= 4 is 28.4 Å². The molecule has 3 unspecified atom stereocenters. The zero-order valence-corrected chi connectivity index (χ0v) is 17.5. The first-order valence-electron chi connectivity index (χ1n) is 9.79. The number of hydrogen-bond acceptors (Lipinski definition) is 2. The molecule has 0 radical (unpaired) electrons. The summed E-state index contributed by atoms with van der Waals surface area (Å²) in [6.45, 7) is 5.69. The van der Waals surface area contributed by atoms with Gasteiger partial charge < -0.3 is 10.6 Å². The van der Waals surface area contributed by atoms with Gasteiger partial charge >= 0.3 is 0 Å². The molecule has 0 saturated heterocycles. The molecule has 1 saturated carbocycles. The predicted molar refractivity (Wildman–Crippen MR) is 114 cm³/mol. The SMILES string of the molecule is CCNC(=NCCCc1ccccc1Cl)NC1CCCC(S(=O)CC)C1. The lowest BCUT2D eigenvalue weighted by molar-refractivity contribution is 0.413. The Morgan fingerprint density at radius 3 is 2.85 bits per heavy atom. The molecule has 146 valence electrons.